The maximum Gasteiger partial charge on any atom is 0.144 e. The lowest BCUT2D eigenvalue weighted by Crippen LogP contribution is -1.85. The summed E-state index contributed by atoms with van der Waals surface area (Å²) in [7, 11) is 0. The van der Waals surface area contributed by atoms with Crippen molar-refractivity contribution >= 4 is 11.6 Å². The minimum absolute atomic E-state index is 0.0205. The van der Waals surface area contributed by atoms with Gasteiger partial charge in [0.05, 0.1) is 18.4 Å². The van der Waals surface area contributed by atoms with E-state index in [1.54, 1.807) is 0 Å². The molecule has 0 saturated heterocycles. The van der Waals surface area contributed by atoms with E-state index in [-0.39, 0.29) is 11.8 Å². The van der Waals surface area contributed by atoms with Gasteiger partial charge in [0.25, 0.3) is 0 Å². The number of pyridine rings is 1. The van der Waals surface area contributed by atoms with Crippen LogP contribution < -0.4 is 0 Å². The number of aliphatic hydroxyl groups excluding tert-OH is 1. The second-order valence-corrected chi connectivity index (χ2v) is 2.63. The molecule has 4 heteroatoms. The Balaban J connectivity index is 2.89. The summed E-state index contributed by atoms with van der Waals surface area (Å²) in [4.78, 5) is 3.58. The second-order valence-electron chi connectivity index (χ2n) is 2.27. The quantitative estimate of drug-likeness (QED) is 0.551. The Labute approximate surface area is 80.4 Å². The van der Waals surface area contributed by atoms with Gasteiger partial charge in [-0.3, -0.25) is 0 Å². The van der Waals surface area contributed by atoms with Crippen LogP contribution in [-0.4, -0.2) is 16.7 Å². The van der Waals surface area contributed by atoms with Gasteiger partial charge in [0.1, 0.15) is 11.0 Å². The zero-order valence-electron chi connectivity index (χ0n) is 6.72. The van der Waals surface area contributed by atoms with E-state index in [2.05, 4.69) is 16.8 Å². The zero-order chi connectivity index (χ0) is 9.68. The van der Waals surface area contributed by atoms with Gasteiger partial charge in [-0.1, -0.05) is 23.4 Å². The normalized spacial score (nSPS) is 9.15. The van der Waals surface area contributed by atoms with Crippen LogP contribution in [0.1, 0.15) is 12.0 Å². The average Bonchev–Trinajstić information content (AvgIpc) is 2.11. The SMILES string of the molecule is OCCC#Cc1cc(F)cnc1Cl. The molecule has 0 amide bonds. The Morgan fingerprint density at radius 1 is 1.62 bits per heavy atom. The van der Waals surface area contributed by atoms with Crippen molar-refractivity contribution in [1.29, 1.82) is 0 Å². The fourth-order valence-corrected chi connectivity index (χ4v) is 0.874. The lowest BCUT2D eigenvalue weighted by Gasteiger charge is -1.93. The molecule has 0 radical (unpaired) electrons. The van der Waals surface area contributed by atoms with Crippen molar-refractivity contribution in [1.82, 2.24) is 4.98 Å². The number of aromatic nitrogens is 1. The van der Waals surface area contributed by atoms with Crippen molar-refractivity contribution in [2.45, 2.75) is 6.42 Å². The molecule has 0 aliphatic heterocycles. The van der Waals surface area contributed by atoms with E-state index in [9.17, 15) is 4.39 Å². The van der Waals surface area contributed by atoms with Gasteiger partial charge in [0, 0.05) is 6.42 Å². The van der Waals surface area contributed by atoms with Crippen LogP contribution in [-0.2, 0) is 0 Å². The third-order valence-electron chi connectivity index (χ3n) is 1.27. The first kappa shape index (κ1) is 9.97. The summed E-state index contributed by atoms with van der Waals surface area (Å²) in [6, 6.07) is 1.21. The fourth-order valence-electron chi connectivity index (χ4n) is 0.724. The highest BCUT2D eigenvalue weighted by Crippen LogP contribution is 2.11. The van der Waals surface area contributed by atoms with Gasteiger partial charge >= 0.3 is 0 Å². The van der Waals surface area contributed by atoms with Crippen LogP contribution in [0.2, 0.25) is 5.15 Å². The summed E-state index contributed by atoms with van der Waals surface area (Å²) >= 11 is 5.63. The summed E-state index contributed by atoms with van der Waals surface area (Å²) in [5, 5.41) is 8.62. The molecular formula is C9H7ClFNO. The van der Waals surface area contributed by atoms with Crippen molar-refractivity contribution in [3.8, 4) is 11.8 Å². The standard InChI is InChI=1S/C9H7ClFNO/c10-9-7(3-1-2-4-13)5-8(11)6-12-9/h5-6,13H,2,4H2. The molecule has 0 unspecified atom stereocenters. The Morgan fingerprint density at radius 3 is 3.08 bits per heavy atom. The molecule has 0 bridgehead atoms. The molecule has 0 aliphatic rings. The molecular weight excluding hydrogens is 193 g/mol. The Bertz CT molecular complexity index is 356. The smallest absolute Gasteiger partial charge is 0.144 e. The highest BCUT2D eigenvalue weighted by Gasteiger charge is 1.99. The van der Waals surface area contributed by atoms with Crippen molar-refractivity contribution in [3.63, 3.8) is 0 Å². The molecule has 0 saturated carbocycles. The first-order chi connectivity index (χ1) is 6.24. The van der Waals surface area contributed by atoms with Crippen LogP contribution in [0.25, 0.3) is 0 Å². The largest absolute Gasteiger partial charge is 0.395 e. The van der Waals surface area contributed by atoms with Gasteiger partial charge in [-0.2, -0.15) is 0 Å². The van der Waals surface area contributed by atoms with Crippen molar-refractivity contribution in [2.75, 3.05) is 6.61 Å². The summed E-state index contributed by atoms with van der Waals surface area (Å²) in [5.74, 6) is 4.76. The van der Waals surface area contributed by atoms with Crippen molar-refractivity contribution < 1.29 is 9.50 Å². The summed E-state index contributed by atoms with van der Waals surface area (Å²) in [6.07, 6.45) is 1.37. The van der Waals surface area contributed by atoms with Crippen LogP contribution in [0.3, 0.4) is 0 Å². The van der Waals surface area contributed by atoms with E-state index in [0.717, 1.165) is 6.20 Å². The van der Waals surface area contributed by atoms with Crippen molar-refractivity contribution in [3.05, 3.63) is 28.8 Å². The number of hydrogen-bond acceptors (Lipinski definition) is 2. The van der Waals surface area contributed by atoms with Gasteiger partial charge in [-0.25, -0.2) is 9.37 Å². The number of hydrogen-bond donors (Lipinski definition) is 1. The first-order valence-electron chi connectivity index (χ1n) is 3.65. The van der Waals surface area contributed by atoms with E-state index in [0.29, 0.717) is 12.0 Å². The van der Waals surface area contributed by atoms with Gasteiger partial charge in [-0.15, -0.1) is 0 Å². The molecule has 1 rings (SSSR count). The highest BCUT2D eigenvalue weighted by atomic mass is 35.5. The minimum Gasteiger partial charge on any atom is -0.395 e. The van der Waals surface area contributed by atoms with Gasteiger partial charge in [-0.05, 0) is 6.07 Å². The van der Waals surface area contributed by atoms with Crippen LogP contribution in [0, 0.1) is 17.7 Å². The summed E-state index contributed by atoms with van der Waals surface area (Å²) in [5.41, 5.74) is 0.343. The number of halogens is 2. The Kier molecular flexibility index (Phi) is 3.69. The Morgan fingerprint density at radius 2 is 2.38 bits per heavy atom. The molecule has 1 N–H and O–H groups in total. The fraction of sp³-hybridized carbons (Fsp3) is 0.222. The van der Waals surface area contributed by atoms with Gasteiger partial charge in [0.15, 0.2) is 0 Å². The van der Waals surface area contributed by atoms with E-state index < -0.39 is 5.82 Å². The number of nitrogens with zero attached hydrogens (tertiary/aromatic N) is 1. The van der Waals surface area contributed by atoms with Crippen LogP contribution in [0.5, 0.6) is 0 Å². The molecule has 0 atom stereocenters. The summed E-state index contributed by atoms with van der Waals surface area (Å²) in [6.45, 7) is -0.0205. The molecule has 1 heterocycles. The molecule has 0 aliphatic carbocycles. The Hall–Kier alpha value is -1.11. The third kappa shape index (κ3) is 3.02. The monoisotopic (exact) mass is 199 g/mol. The van der Waals surface area contributed by atoms with Crippen LogP contribution >= 0.6 is 11.6 Å². The maximum atomic E-state index is 12.6. The predicted octanol–water partition coefficient (Wildman–Crippen LogP) is 1.61. The van der Waals surface area contributed by atoms with E-state index >= 15 is 0 Å². The minimum atomic E-state index is -0.474. The van der Waals surface area contributed by atoms with Gasteiger partial charge < -0.3 is 5.11 Å². The highest BCUT2D eigenvalue weighted by molar-refractivity contribution is 6.30. The molecule has 1 aromatic rings. The van der Waals surface area contributed by atoms with Gasteiger partial charge in [0.2, 0.25) is 0 Å². The zero-order valence-corrected chi connectivity index (χ0v) is 7.48. The third-order valence-corrected chi connectivity index (χ3v) is 1.57. The average molecular weight is 200 g/mol. The number of rotatable bonds is 1. The van der Waals surface area contributed by atoms with Crippen LogP contribution in [0.4, 0.5) is 4.39 Å². The summed E-state index contributed by atoms with van der Waals surface area (Å²) < 4.78 is 12.6. The first-order valence-corrected chi connectivity index (χ1v) is 4.02. The predicted molar refractivity (Wildman–Crippen MR) is 47.8 cm³/mol. The topological polar surface area (TPSA) is 33.1 Å². The maximum absolute atomic E-state index is 12.6. The molecule has 13 heavy (non-hydrogen) atoms. The molecule has 0 aromatic carbocycles. The second kappa shape index (κ2) is 4.80. The lowest BCUT2D eigenvalue weighted by molar-refractivity contribution is 0.305. The molecule has 68 valence electrons. The van der Waals surface area contributed by atoms with Crippen molar-refractivity contribution in [2.24, 2.45) is 0 Å². The van der Waals surface area contributed by atoms with E-state index in [1.807, 2.05) is 0 Å². The molecule has 0 fully saturated rings. The molecule has 1 aromatic heterocycles. The molecule has 2 nitrogen and oxygen atoms in total. The van der Waals surface area contributed by atoms with Crippen LogP contribution in [0.15, 0.2) is 12.3 Å². The van der Waals surface area contributed by atoms with E-state index in [1.165, 1.54) is 6.07 Å². The van der Waals surface area contributed by atoms with E-state index in [4.69, 9.17) is 16.7 Å². The number of aliphatic hydroxyl groups is 1. The molecule has 0 spiro atoms. The lowest BCUT2D eigenvalue weighted by atomic mass is 10.3.